The molecule has 5 nitrogen and oxygen atoms in total. The van der Waals surface area contributed by atoms with Crippen LogP contribution in [0.15, 0.2) is 12.3 Å². The van der Waals surface area contributed by atoms with Crippen molar-refractivity contribution in [3.8, 4) is 0 Å². The molecule has 0 atom stereocenters. The number of anilines is 1. The van der Waals surface area contributed by atoms with Crippen molar-refractivity contribution in [1.82, 2.24) is 9.97 Å². The van der Waals surface area contributed by atoms with Crippen molar-refractivity contribution in [2.24, 2.45) is 5.41 Å². The first-order valence-corrected chi connectivity index (χ1v) is 7.10. The summed E-state index contributed by atoms with van der Waals surface area (Å²) in [4.78, 5) is 22.5. The minimum Gasteiger partial charge on any atom is -0.390 e. The average Bonchev–Trinajstić information content (AvgIpc) is 2.37. The van der Waals surface area contributed by atoms with E-state index in [1.807, 2.05) is 20.8 Å². The third-order valence-corrected chi connectivity index (χ3v) is 2.82. The summed E-state index contributed by atoms with van der Waals surface area (Å²) in [7, 11) is 0. The molecule has 1 aromatic heterocycles. The summed E-state index contributed by atoms with van der Waals surface area (Å²) >= 11 is 0. The van der Waals surface area contributed by atoms with E-state index >= 15 is 0 Å². The van der Waals surface area contributed by atoms with Crippen LogP contribution >= 0.6 is 0 Å². The summed E-state index contributed by atoms with van der Waals surface area (Å²) in [5.74, 6) is 0.417. The van der Waals surface area contributed by atoms with Crippen molar-refractivity contribution < 1.29 is 9.90 Å². The van der Waals surface area contributed by atoms with Gasteiger partial charge in [-0.25, -0.2) is 9.97 Å². The molecule has 0 saturated carbocycles. The smallest absolute Gasteiger partial charge is 0.232 e. The molecule has 1 heterocycles. The highest BCUT2D eigenvalue weighted by Gasteiger charge is 2.23. The average molecular weight is 279 g/mol. The largest absolute Gasteiger partial charge is 0.390 e. The van der Waals surface area contributed by atoms with Gasteiger partial charge in [0.25, 0.3) is 0 Å². The number of aliphatic hydroxyl groups excluding tert-OH is 1. The lowest BCUT2D eigenvalue weighted by Gasteiger charge is -2.25. The Morgan fingerprint density at radius 2 is 2.10 bits per heavy atom. The van der Waals surface area contributed by atoms with Crippen LogP contribution < -0.4 is 4.90 Å². The number of unbranched alkanes of at least 4 members (excludes halogenated alkanes) is 1. The van der Waals surface area contributed by atoms with E-state index in [1.54, 1.807) is 17.2 Å². The molecule has 1 amide bonds. The first-order chi connectivity index (χ1) is 9.37. The number of hydrogen-bond donors (Lipinski definition) is 1. The zero-order valence-electron chi connectivity index (χ0n) is 12.9. The number of amides is 1. The fourth-order valence-corrected chi connectivity index (χ4v) is 1.80. The zero-order chi connectivity index (χ0) is 15.2. The summed E-state index contributed by atoms with van der Waals surface area (Å²) in [6.07, 6.45) is 3.93. The lowest BCUT2D eigenvalue weighted by molar-refractivity contribution is -0.120. The maximum absolute atomic E-state index is 12.4. The van der Waals surface area contributed by atoms with Crippen molar-refractivity contribution >= 4 is 11.9 Å². The predicted octanol–water partition coefficient (Wildman–Crippen LogP) is 2.54. The second-order valence-corrected chi connectivity index (χ2v) is 6.14. The maximum atomic E-state index is 12.4. The van der Waals surface area contributed by atoms with Gasteiger partial charge in [0.1, 0.15) is 0 Å². The summed E-state index contributed by atoms with van der Waals surface area (Å²) in [5.41, 5.74) is 0.455. The molecule has 1 rings (SSSR count). The van der Waals surface area contributed by atoms with Crippen LogP contribution in [0, 0.1) is 5.41 Å². The van der Waals surface area contributed by atoms with E-state index in [-0.39, 0.29) is 17.9 Å². The van der Waals surface area contributed by atoms with Crippen molar-refractivity contribution in [3.63, 3.8) is 0 Å². The zero-order valence-corrected chi connectivity index (χ0v) is 12.9. The second kappa shape index (κ2) is 7.33. The van der Waals surface area contributed by atoms with E-state index in [0.717, 1.165) is 12.8 Å². The molecule has 0 unspecified atom stereocenters. The van der Waals surface area contributed by atoms with Crippen LogP contribution in [0.2, 0.25) is 0 Å². The molecule has 0 aliphatic heterocycles. The van der Waals surface area contributed by atoms with Gasteiger partial charge in [-0.15, -0.1) is 0 Å². The minimum atomic E-state index is -0.148. The van der Waals surface area contributed by atoms with E-state index < -0.39 is 0 Å². The number of aromatic nitrogens is 2. The van der Waals surface area contributed by atoms with Crippen LogP contribution in [0.5, 0.6) is 0 Å². The molecule has 0 aliphatic rings. The summed E-state index contributed by atoms with van der Waals surface area (Å²) in [6.45, 7) is 8.65. The molecular weight excluding hydrogens is 254 g/mol. The van der Waals surface area contributed by atoms with Crippen LogP contribution in [0.25, 0.3) is 0 Å². The van der Waals surface area contributed by atoms with Crippen LogP contribution in [0.1, 0.15) is 52.7 Å². The minimum absolute atomic E-state index is 0.0287. The third-order valence-electron chi connectivity index (χ3n) is 2.82. The van der Waals surface area contributed by atoms with Gasteiger partial charge in [0, 0.05) is 19.2 Å². The Hall–Kier alpha value is -1.49. The fraction of sp³-hybridized carbons (Fsp3) is 0.667. The Morgan fingerprint density at radius 1 is 1.40 bits per heavy atom. The molecule has 0 spiro atoms. The summed E-state index contributed by atoms with van der Waals surface area (Å²) < 4.78 is 0. The summed E-state index contributed by atoms with van der Waals surface area (Å²) in [6, 6.07) is 1.65. The van der Waals surface area contributed by atoms with Crippen LogP contribution in [-0.4, -0.2) is 27.5 Å². The fourth-order valence-electron chi connectivity index (χ4n) is 1.80. The lowest BCUT2D eigenvalue weighted by atomic mass is 9.91. The van der Waals surface area contributed by atoms with Crippen molar-refractivity contribution in [3.05, 3.63) is 18.0 Å². The van der Waals surface area contributed by atoms with E-state index in [9.17, 15) is 4.79 Å². The van der Waals surface area contributed by atoms with Crippen molar-refractivity contribution in [1.29, 1.82) is 0 Å². The Balaban J connectivity index is 2.95. The highest BCUT2D eigenvalue weighted by atomic mass is 16.3. The van der Waals surface area contributed by atoms with Gasteiger partial charge < -0.3 is 5.11 Å². The van der Waals surface area contributed by atoms with Gasteiger partial charge in [0.15, 0.2) is 0 Å². The molecule has 0 radical (unpaired) electrons. The van der Waals surface area contributed by atoms with Crippen molar-refractivity contribution in [2.75, 3.05) is 11.4 Å². The van der Waals surface area contributed by atoms with Crippen LogP contribution in [-0.2, 0) is 11.4 Å². The van der Waals surface area contributed by atoms with E-state index in [4.69, 9.17) is 5.11 Å². The van der Waals surface area contributed by atoms with E-state index in [0.29, 0.717) is 24.6 Å². The highest BCUT2D eigenvalue weighted by Crippen LogP contribution is 2.22. The molecule has 0 aliphatic carbocycles. The second-order valence-electron chi connectivity index (χ2n) is 6.14. The van der Waals surface area contributed by atoms with E-state index in [1.165, 1.54) is 0 Å². The number of hydrogen-bond acceptors (Lipinski definition) is 4. The monoisotopic (exact) mass is 279 g/mol. The molecule has 0 aromatic carbocycles. The standard InChI is InChI=1S/C15H25N3O2/c1-5-6-9-18(13(20)10-15(2,3)4)14-16-8-7-12(11-19)17-14/h7-8,19H,5-6,9-11H2,1-4H3. The van der Waals surface area contributed by atoms with Gasteiger partial charge in [-0.05, 0) is 17.9 Å². The molecule has 0 fully saturated rings. The van der Waals surface area contributed by atoms with E-state index in [2.05, 4.69) is 16.9 Å². The Bertz CT molecular complexity index is 441. The quantitative estimate of drug-likeness (QED) is 0.869. The molecule has 112 valence electrons. The number of carbonyl (C=O) groups excluding carboxylic acids is 1. The molecule has 0 saturated heterocycles. The first kappa shape index (κ1) is 16.6. The molecule has 1 aromatic rings. The predicted molar refractivity (Wildman–Crippen MR) is 79.3 cm³/mol. The van der Waals surface area contributed by atoms with Crippen molar-refractivity contribution in [2.45, 2.75) is 53.6 Å². The van der Waals surface area contributed by atoms with Crippen LogP contribution in [0.3, 0.4) is 0 Å². The number of carbonyl (C=O) groups is 1. The summed E-state index contributed by atoms with van der Waals surface area (Å²) in [5, 5.41) is 9.15. The Kier molecular flexibility index (Phi) is 6.07. The third kappa shape index (κ3) is 5.25. The van der Waals surface area contributed by atoms with Gasteiger partial charge in [0.2, 0.25) is 11.9 Å². The topological polar surface area (TPSA) is 66.3 Å². The van der Waals surface area contributed by atoms with Gasteiger partial charge in [-0.2, -0.15) is 0 Å². The Labute approximate surface area is 121 Å². The highest BCUT2D eigenvalue weighted by molar-refractivity contribution is 5.91. The molecular formula is C15H25N3O2. The number of aliphatic hydroxyl groups is 1. The maximum Gasteiger partial charge on any atom is 0.232 e. The normalized spacial score (nSPS) is 11.4. The number of rotatable bonds is 6. The van der Waals surface area contributed by atoms with Crippen LogP contribution in [0.4, 0.5) is 5.95 Å². The SMILES string of the molecule is CCCCN(C(=O)CC(C)(C)C)c1nccc(CO)n1. The molecule has 0 bridgehead atoms. The molecule has 5 heteroatoms. The molecule has 20 heavy (non-hydrogen) atoms. The number of nitrogens with zero attached hydrogens (tertiary/aromatic N) is 3. The van der Waals surface area contributed by atoms with Gasteiger partial charge in [0.05, 0.1) is 12.3 Å². The Morgan fingerprint density at radius 3 is 2.65 bits per heavy atom. The van der Waals surface area contributed by atoms with Gasteiger partial charge >= 0.3 is 0 Å². The molecule has 1 N–H and O–H groups in total. The van der Waals surface area contributed by atoms with Gasteiger partial charge in [-0.3, -0.25) is 9.69 Å². The van der Waals surface area contributed by atoms with Gasteiger partial charge in [-0.1, -0.05) is 34.1 Å². The first-order valence-electron chi connectivity index (χ1n) is 7.10. The lowest BCUT2D eigenvalue weighted by Crippen LogP contribution is -2.35.